The van der Waals surface area contributed by atoms with Crippen LogP contribution in [0.2, 0.25) is 0 Å². The van der Waals surface area contributed by atoms with Crippen LogP contribution in [0.5, 0.6) is 0 Å². The van der Waals surface area contributed by atoms with Gasteiger partial charge in [0.15, 0.2) is 0 Å². The summed E-state index contributed by atoms with van der Waals surface area (Å²) in [5.74, 6) is 3.29. The molecule has 0 heterocycles. The first kappa shape index (κ1) is 12.3. The molecule has 0 aromatic rings. The molecule has 2 nitrogen and oxygen atoms in total. The number of thioether (sulfide) groups is 1. The first-order chi connectivity index (χ1) is 6.88. The predicted molar refractivity (Wildman–Crippen MR) is 64.0 cm³/mol. The third kappa shape index (κ3) is 4.20. The van der Waals surface area contributed by atoms with E-state index in [9.17, 15) is 0 Å². The molecule has 1 saturated carbocycles. The minimum Gasteiger partial charge on any atom is -0.384 e. The van der Waals surface area contributed by atoms with Gasteiger partial charge in [-0.05, 0) is 25.8 Å². The Morgan fingerprint density at radius 1 is 1.43 bits per heavy atom. The zero-order valence-electron chi connectivity index (χ0n) is 9.42. The fourth-order valence-electron chi connectivity index (χ4n) is 2.17. The Bertz CT molecular complexity index is 137. The maximum Gasteiger partial charge on any atom is 0.0552 e. The van der Waals surface area contributed by atoms with Crippen molar-refractivity contribution >= 4 is 11.8 Å². The molecule has 1 atom stereocenters. The van der Waals surface area contributed by atoms with Gasteiger partial charge in [0, 0.05) is 24.7 Å². The number of ether oxygens (including phenoxy) is 1. The zero-order valence-corrected chi connectivity index (χ0v) is 10.2. The fraction of sp³-hybridized carbons (Fsp3) is 1.00. The Labute approximate surface area is 92.2 Å². The highest BCUT2D eigenvalue weighted by Gasteiger charge is 2.23. The van der Waals surface area contributed by atoms with Crippen molar-refractivity contribution in [3.05, 3.63) is 0 Å². The largest absolute Gasteiger partial charge is 0.384 e. The summed E-state index contributed by atoms with van der Waals surface area (Å²) in [6, 6.07) is 0.722. The lowest BCUT2D eigenvalue weighted by Crippen LogP contribution is -2.34. The molecule has 1 rings (SSSR count). The van der Waals surface area contributed by atoms with Gasteiger partial charge in [0.05, 0.1) is 6.61 Å². The lowest BCUT2D eigenvalue weighted by atomic mass is 10.0. The molecule has 0 aromatic heterocycles. The van der Waals surface area contributed by atoms with Gasteiger partial charge in [-0.3, -0.25) is 0 Å². The Balaban J connectivity index is 2.11. The number of methoxy groups -OCH3 is 1. The van der Waals surface area contributed by atoms with Crippen molar-refractivity contribution in [3.8, 4) is 0 Å². The average molecular weight is 217 g/mol. The predicted octanol–water partition coefficient (Wildman–Crippen LogP) is 2.14. The molecule has 1 unspecified atom stereocenters. The van der Waals surface area contributed by atoms with Gasteiger partial charge in [0.25, 0.3) is 0 Å². The smallest absolute Gasteiger partial charge is 0.0552 e. The minimum absolute atomic E-state index is 0.722. The van der Waals surface area contributed by atoms with Gasteiger partial charge in [0.2, 0.25) is 0 Å². The maximum atomic E-state index is 5.04. The summed E-state index contributed by atoms with van der Waals surface area (Å²) in [7, 11) is 3.87. The fourth-order valence-corrected chi connectivity index (χ4v) is 3.31. The van der Waals surface area contributed by atoms with E-state index < -0.39 is 0 Å². The Morgan fingerprint density at radius 2 is 2.14 bits per heavy atom. The molecule has 0 radical (unpaired) electrons. The van der Waals surface area contributed by atoms with Crippen LogP contribution in [0.25, 0.3) is 0 Å². The van der Waals surface area contributed by atoms with Crippen molar-refractivity contribution < 1.29 is 4.74 Å². The van der Waals surface area contributed by atoms with Crippen molar-refractivity contribution in [1.82, 2.24) is 5.32 Å². The van der Waals surface area contributed by atoms with E-state index in [4.69, 9.17) is 4.74 Å². The second-order valence-corrected chi connectivity index (χ2v) is 5.16. The van der Waals surface area contributed by atoms with E-state index in [1.807, 2.05) is 11.8 Å². The summed E-state index contributed by atoms with van der Waals surface area (Å²) in [4.78, 5) is 0. The van der Waals surface area contributed by atoms with Crippen LogP contribution >= 0.6 is 11.8 Å². The third-order valence-corrected chi connectivity index (χ3v) is 4.12. The van der Waals surface area contributed by atoms with Crippen LogP contribution in [-0.4, -0.2) is 38.3 Å². The Hall–Kier alpha value is 0.270. The first-order valence-corrected chi connectivity index (χ1v) is 6.78. The van der Waals surface area contributed by atoms with Crippen molar-refractivity contribution in [2.75, 3.05) is 32.3 Å². The molecule has 1 N–H and O–H groups in total. The molecule has 1 aliphatic carbocycles. The van der Waals surface area contributed by atoms with E-state index in [0.717, 1.165) is 24.3 Å². The van der Waals surface area contributed by atoms with Crippen LogP contribution in [0.4, 0.5) is 0 Å². The molecule has 0 aromatic carbocycles. The number of nitrogens with one attached hydrogen (secondary N) is 1. The van der Waals surface area contributed by atoms with E-state index in [-0.39, 0.29) is 0 Å². The molecule has 0 bridgehead atoms. The van der Waals surface area contributed by atoms with Gasteiger partial charge >= 0.3 is 0 Å². The molecule has 14 heavy (non-hydrogen) atoms. The quantitative estimate of drug-likeness (QED) is 0.660. The molecule has 1 aliphatic rings. The molecular formula is C11H23NOS. The summed E-state index contributed by atoms with van der Waals surface area (Å²) >= 11 is 2.01. The highest BCUT2D eigenvalue weighted by atomic mass is 32.2. The first-order valence-electron chi connectivity index (χ1n) is 5.62. The topological polar surface area (TPSA) is 21.3 Å². The van der Waals surface area contributed by atoms with Crippen molar-refractivity contribution in [1.29, 1.82) is 0 Å². The van der Waals surface area contributed by atoms with Crippen LogP contribution in [0.3, 0.4) is 0 Å². The van der Waals surface area contributed by atoms with Crippen LogP contribution in [0, 0.1) is 5.92 Å². The number of rotatable bonds is 7. The van der Waals surface area contributed by atoms with Gasteiger partial charge in [0.1, 0.15) is 0 Å². The maximum absolute atomic E-state index is 5.04. The van der Waals surface area contributed by atoms with E-state index in [0.29, 0.717) is 0 Å². The third-order valence-electron chi connectivity index (χ3n) is 3.07. The second kappa shape index (κ2) is 7.55. The molecule has 0 spiro atoms. The van der Waals surface area contributed by atoms with Crippen molar-refractivity contribution in [2.24, 2.45) is 5.92 Å². The zero-order chi connectivity index (χ0) is 10.2. The van der Waals surface area contributed by atoms with Gasteiger partial charge in [-0.25, -0.2) is 0 Å². The van der Waals surface area contributed by atoms with Crippen molar-refractivity contribution in [2.45, 2.75) is 31.7 Å². The summed E-state index contributed by atoms with van der Waals surface area (Å²) in [6.07, 6.45) is 5.73. The lowest BCUT2D eigenvalue weighted by molar-refractivity contribution is 0.218. The molecular weight excluding hydrogens is 194 g/mol. The van der Waals surface area contributed by atoms with Crippen molar-refractivity contribution in [3.63, 3.8) is 0 Å². The summed E-state index contributed by atoms with van der Waals surface area (Å²) < 4.78 is 5.04. The minimum atomic E-state index is 0.722. The molecule has 3 heteroatoms. The van der Waals surface area contributed by atoms with Gasteiger partial charge in [-0.15, -0.1) is 0 Å². The molecule has 0 amide bonds. The standard InChI is InChI=1S/C11H23NOS/c1-12-11(9-14-8-7-13-2)10-5-3-4-6-10/h10-12H,3-9H2,1-2H3. The highest BCUT2D eigenvalue weighted by Crippen LogP contribution is 2.28. The molecule has 0 aliphatic heterocycles. The molecule has 1 fully saturated rings. The van der Waals surface area contributed by atoms with E-state index >= 15 is 0 Å². The number of hydrogen-bond acceptors (Lipinski definition) is 3. The lowest BCUT2D eigenvalue weighted by Gasteiger charge is -2.22. The van der Waals surface area contributed by atoms with Gasteiger partial charge < -0.3 is 10.1 Å². The van der Waals surface area contributed by atoms with E-state index in [1.165, 1.54) is 31.4 Å². The van der Waals surface area contributed by atoms with Crippen LogP contribution < -0.4 is 5.32 Å². The summed E-state index contributed by atoms with van der Waals surface area (Å²) in [5.41, 5.74) is 0. The van der Waals surface area contributed by atoms with Crippen LogP contribution in [-0.2, 0) is 4.74 Å². The average Bonchev–Trinajstić information content (AvgIpc) is 2.71. The van der Waals surface area contributed by atoms with E-state index in [2.05, 4.69) is 12.4 Å². The molecule has 0 saturated heterocycles. The second-order valence-electron chi connectivity index (χ2n) is 4.01. The SMILES string of the molecule is CNC(CSCCOC)C1CCCC1. The Kier molecular flexibility index (Phi) is 6.65. The molecule has 84 valence electrons. The Morgan fingerprint density at radius 3 is 2.71 bits per heavy atom. The number of hydrogen-bond donors (Lipinski definition) is 1. The van der Waals surface area contributed by atoms with E-state index in [1.54, 1.807) is 7.11 Å². The monoisotopic (exact) mass is 217 g/mol. The summed E-state index contributed by atoms with van der Waals surface area (Å²) in [6.45, 7) is 0.881. The van der Waals surface area contributed by atoms with Crippen LogP contribution in [0.15, 0.2) is 0 Å². The summed E-state index contributed by atoms with van der Waals surface area (Å²) in [5, 5.41) is 3.46. The van der Waals surface area contributed by atoms with Crippen LogP contribution in [0.1, 0.15) is 25.7 Å². The van der Waals surface area contributed by atoms with Gasteiger partial charge in [-0.2, -0.15) is 11.8 Å². The highest BCUT2D eigenvalue weighted by molar-refractivity contribution is 7.99. The normalized spacial score (nSPS) is 20.1. The van der Waals surface area contributed by atoms with Gasteiger partial charge in [-0.1, -0.05) is 12.8 Å².